The molecular formula is C14H10Cl2O3. The third-order valence-electron chi connectivity index (χ3n) is 2.78. The summed E-state index contributed by atoms with van der Waals surface area (Å²) in [5.41, 5.74) is 1.29. The average molecular weight is 297 g/mol. The first-order chi connectivity index (χ1) is 9.00. The van der Waals surface area contributed by atoms with E-state index in [-0.39, 0.29) is 22.8 Å². The van der Waals surface area contributed by atoms with Crippen molar-refractivity contribution in [1.29, 1.82) is 0 Å². The first-order valence-corrected chi connectivity index (χ1v) is 6.23. The summed E-state index contributed by atoms with van der Waals surface area (Å²) in [6, 6.07) is 9.53. The monoisotopic (exact) mass is 296 g/mol. The summed E-state index contributed by atoms with van der Waals surface area (Å²) in [6.07, 6.45) is 0.245. The fraction of sp³-hybridized carbons (Fsp3) is 0.0714. The highest BCUT2D eigenvalue weighted by Crippen LogP contribution is 2.34. The topological polar surface area (TPSA) is 57.5 Å². The van der Waals surface area contributed by atoms with Crippen LogP contribution in [0.3, 0.4) is 0 Å². The predicted molar refractivity (Wildman–Crippen MR) is 74.3 cm³/mol. The van der Waals surface area contributed by atoms with Gasteiger partial charge in [0, 0.05) is 11.4 Å². The van der Waals surface area contributed by atoms with E-state index in [0.717, 1.165) is 0 Å². The molecule has 2 aromatic carbocycles. The molecule has 0 aromatic heterocycles. The number of carboxylic acids is 1. The van der Waals surface area contributed by atoms with Crippen LogP contribution in [0.25, 0.3) is 0 Å². The minimum absolute atomic E-state index is 0.0751. The average Bonchev–Trinajstić information content (AvgIpc) is 2.39. The quantitative estimate of drug-likeness (QED) is 0.900. The van der Waals surface area contributed by atoms with E-state index >= 15 is 0 Å². The van der Waals surface area contributed by atoms with Crippen molar-refractivity contribution in [1.82, 2.24) is 0 Å². The van der Waals surface area contributed by atoms with Gasteiger partial charge in [0.1, 0.15) is 5.75 Å². The number of phenols is 1. The summed E-state index contributed by atoms with van der Waals surface area (Å²) in [4.78, 5) is 11.1. The van der Waals surface area contributed by atoms with Crippen LogP contribution in [0.5, 0.6) is 5.75 Å². The van der Waals surface area contributed by atoms with Crippen molar-refractivity contribution in [2.75, 3.05) is 0 Å². The van der Waals surface area contributed by atoms with Gasteiger partial charge in [-0.15, -0.1) is 0 Å². The van der Waals surface area contributed by atoms with Crippen LogP contribution in [0.2, 0.25) is 10.0 Å². The molecule has 0 amide bonds. The molecule has 3 nitrogen and oxygen atoms in total. The molecule has 0 aliphatic heterocycles. The van der Waals surface area contributed by atoms with Crippen molar-refractivity contribution in [2.45, 2.75) is 6.42 Å². The third kappa shape index (κ3) is 2.83. The smallest absolute Gasteiger partial charge is 0.335 e. The van der Waals surface area contributed by atoms with E-state index in [1.807, 2.05) is 0 Å². The van der Waals surface area contributed by atoms with Gasteiger partial charge in [-0.1, -0.05) is 41.4 Å². The van der Waals surface area contributed by atoms with Gasteiger partial charge in [0.15, 0.2) is 0 Å². The van der Waals surface area contributed by atoms with Crippen LogP contribution in [0.1, 0.15) is 21.5 Å². The number of rotatable bonds is 3. The second-order valence-corrected chi connectivity index (χ2v) is 4.78. The Morgan fingerprint density at radius 2 is 1.79 bits per heavy atom. The first-order valence-electron chi connectivity index (χ1n) is 5.47. The Bertz CT molecular complexity index is 639. The number of carboxylic acid groups (broad SMARTS) is 1. The van der Waals surface area contributed by atoms with Gasteiger partial charge < -0.3 is 10.2 Å². The van der Waals surface area contributed by atoms with Gasteiger partial charge in [-0.3, -0.25) is 0 Å². The summed E-state index contributed by atoms with van der Waals surface area (Å²) in [6.45, 7) is 0. The van der Waals surface area contributed by atoms with Crippen molar-refractivity contribution >= 4 is 29.2 Å². The SMILES string of the molecule is O=C(O)c1ccccc1Cc1c(Cl)ccc(O)c1Cl. The zero-order valence-electron chi connectivity index (χ0n) is 9.73. The Labute approximate surface area is 120 Å². The maximum Gasteiger partial charge on any atom is 0.335 e. The lowest BCUT2D eigenvalue weighted by atomic mass is 9.99. The fourth-order valence-electron chi connectivity index (χ4n) is 1.82. The van der Waals surface area contributed by atoms with E-state index in [1.165, 1.54) is 18.2 Å². The molecule has 0 saturated heterocycles. The minimum atomic E-state index is -1.01. The molecular weight excluding hydrogens is 287 g/mol. The van der Waals surface area contributed by atoms with Crippen molar-refractivity contribution < 1.29 is 15.0 Å². The molecule has 0 spiro atoms. The van der Waals surface area contributed by atoms with Crippen LogP contribution >= 0.6 is 23.2 Å². The highest BCUT2D eigenvalue weighted by Gasteiger charge is 2.15. The number of halogens is 2. The molecule has 0 aliphatic rings. The summed E-state index contributed by atoms with van der Waals surface area (Å²) in [5, 5.41) is 19.2. The third-order valence-corrected chi connectivity index (χ3v) is 3.56. The van der Waals surface area contributed by atoms with Crippen LogP contribution in [0.4, 0.5) is 0 Å². The maximum absolute atomic E-state index is 11.1. The molecule has 0 saturated carbocycles. The second-order valence-electron chi connectivity index (χ2n) is 4.00. The van der Waals surface area contributed by atoms with Crippen LogP contribution in [-0.2, 0) is 6.42 Å². The summed E-state index contributed by atoms with van der Waals surface area (Å²) < 4.78 is 0. The van der Waals surface area contributed by atoms with Gasteiger partial charge in [0.2, 0.25) is 0 Å². The Kier molecular flexibility index (Phi) is 3.98. The van der Waals surface area contributed by atoms with Crippen LogP contribution in [0, 0.1) is 0 Å². The number of phenolic OH excluding ortho intramolecular Hbond substituents is 1. The molecule has 0 aliphatic carbocycles. The highest BCUT2D eigenvalue weighted by molar-refractivity contribution is 6.37. The van der Waals surface area contributed by atoms with Crippen LogP contribution in [0.15, 0.2) is 36.4 Å². The van der Waals surface area contributed by atoms with Gasteiger partial charge in [-0.05, 0) is 29.3 Å². The van der Waals surface area contributed by atoms with E-state index in [0.29, 0.717) is 16.1 Å². The van der Waals surface area contributed by atoms with Crippen molar-refractivity contribution in [2.24, 2.45) is 0 Å². The van der Waals surface area contributed by atoms with E-state index in [1.54, 1.807) is 18.2 Å². The molecule has 0 radical (unpaired) electrons. The lowest BCUT2D eigenvalue weighted by Gasteiger charge is -2.10. The summed E-state index contributed by atoms with van der Waals surface area (Å²) >= 11 is 12.0. The summed E-state index contributed by atoms with van der Waals surface area (Å²) in [7, 11) is 0. The summed E-state index contributed by atoms with van der Waals surface area (Å²) in [5.74, 6) is -1.09. The number of carbonyl (C=O) groups is 1. The normalized spacial score (nSPS) is 10.4. The molecule has 19 heavy (non-hydrogen) atoms. The molecule has 2 rings (SSSR count). The molecule has 2 aromatic rings. The molecule has 0 fully saturated rings. The number of aromatic hydroxyl groups is 1. The van der Waals surface area contributed by atoms with Gasteiger partial charge in [0.05, 0.1) is 10.6 Å². The fourth-order valence-corrected chi connectivity index (χ4v) is 2.33. The Hall–Kier alpha value is -1.71. The molecule has 98 valence electrons. The number of hydrogen-bond donors (Lipinski definition) is 2. The molecule has 0 unspecified atom stereocenters. The molecule has 5 heteroatoms. The number of hydrogen-bond acceptors (Lipinski definition) is 2. The van der Waals surface area contributed by atoms with Crippen molar-refractivity contribution in [3.8, 4) is 5.75 Å². The first kappa shape index (κ1) is 13.7. The maximum atomic E-state index is 11.1. The highest BCUT2D eigenvalue weighted by atomic mass is 35.5. The predicted octanol–water partition coefficient (Wildman–Crippen LogP) is 3.99. The van der Waals surface area contributed by atoms with Crippen molar-refractivity contribution in [3.63, 3.8) is 0 Å². The van der Waals surface area contributed by atoms with E-state index in [4.69, 9.17) is 28.3 Å². The zero-order valence-corrected chi connectivity index (χ0v) is 11.2. The molecule has 0 atom stereocenters. The lowest BCUT2D eigenvalue weighted by Crippen LogP contribution is -2.03. The van der Waals surface area contributed by atoms with E-state index in [2.05, 4.69) is 0 Å². The van der Waals surface area contributed by atoms with Crippen LogP contribution in [-0.4, -0.2) is 16.2 Å². The zero-order chi connectivity index (χ0) is 14.0. The molecule has 0 bridgehead atoms. The Balaban J connectivity index is 2.48. The lowest BCUT2D eigenvalue weighted by molar-refractivity contribution is 0.0696. The Morgan fingerprint density at radius 1 is 1.11 bits per heavy atom. The standard InChI is InChI=1S/C14H10Cl2O3/c15-11-5-6-12(17)13(16)10(11)7-8-3-1-2-4-9(8)14(18)19/h1-6,17H,7H2,(H,18,19). The number of benzene rings is 2. The Morgan fingerprint density at radius 3 is 2.47 bits per heavy atom. The van der Waals surface area contributed by atoms with Crippen LogP contribution < -0.4 is 0 Å². The van der Waals surface area contributed by atoms with Gasteiger partial charge >= 0.3 is 5.97 Å². The van der Waals surface area contributed by atoms with Gasteiger partial charge in [-0.25, -0.2) is 4.79 Å². The largest absolute Gasteiger partial charge is 0.506 e. The molecule has 2 N–H and O–H groups in total. The van der Waals surface area contributed by atoms with Crippen molar-refractivity contribution in [3.05, 3.63) is 63.1 Å². The van der Waals surface area contributed by atoms with E-state index < -0.39 is 5.97 Å². The van der Waals surface area contributed by atoms with E-state index in [9.17, 15) is 9.90 Å². The number of aromatic carboxylic acids is 1. The van der Waals surface area contributed by atoms with Gasteiger partial charge in [0.25, 0.3) is 0 Å². The van der Waals surface area contributed by atoms with Gasteiger partial charge in [-0.2, -0.15) is 0 Å². The molecule has 0 heterocycles. The minimum Gasteiger partial charge on any atom is -0.506 e. The second kappa shape index (κ2) is 5.51.